The summed E-state index contributed by atoms with van der Waals surface area (Å²) in [6.45, 7) is 2.03. The first-order valence-corrected chi connectivity index (χ1v) is 10.5. The van der Waals surface area contributed by atoms with Crippen molar-refractivity contribution in [1.82, 2.24) is 0 Å². The van der Waals surface area contributed by atoms with Crippen LogP contribution in [0, 0.1) is 0 Å². The molecule has 0 aromatic heterocycles. The van der Waals surface area contributed by atoms with Crippen LogP contribution in [0.15, 0.2) is 60.7 Å². The molecule has 0 aliphatic rings. The molecule has 166 valence electrons. The molecule has 32 heavy (non-hydrogen) atoms. The second-order valence-electron chi connectivity index (χ2n) is 6.92. The monoisotopic (exact) mass is 472 g/mol. The lowest BCUT2D eigenvalue weighted by molar-refractivity contribution is -0.114. The van der Waals surface area contributed by atoms with Crippen LogP contribution in [0.1, 0.15) is 28.4 Å². The van der Waals surface area contributed by atoms with Gasteiger partial charge in [-0.3, -0.25) is 4.79 Å². The van der Waals surface area contributed by atoms with Crippen molar-refractivity contribution in [3.63, 3.8) is 0 Å². The van der Waals surface area contributed by atoms with Crippen LogP contribution in [0.3, 0.4) is 0 Å². The van der Waals surface area contributed by atoms with E-state index in [0.29, 0.717) is 44.8 Å². The summed E-state index contributed by atoms with van der Waals surface area (Å²) in [5, 5.41) is 7.17. The number of halogens is 2. The normalized spacial score (nSPS) is 10.4. The fraction of sp³-hybridized carbons (Fsp3) is 0.167. The lowest BCUT2D eigenvalue weighted by atomic mass is 10.1. The number of ether oxygens (including phenoxy) is 2. The topological polar surface area (TPSA) is 76.7 Å². The number of rotatable bonds is 8. The fourth-order valence-electron chi connectivity index (χ4n) is 3.03. The lowest BCUT2D eigenvalue weighted by Crippen LogP contribution is -2.10. The Morgan fingerprint density at radius 3 is 2.44 bits per heavy atom. The van der Waals surface area contributed by atoms with Gasteiger partial charge in [0.25, 0.3) is 0 Å². The maximum Gasteiger partial charge on any atom is 0.338 e. The van der Waals surface area contributed by atoms with Crippen molar-refractivity contribution >= 4 is 46.5 Å². The van der Waals surface area contributed by atoms with Crippen molar-refractivity contribution < 1.29 is 19.1 Å². The first-order valence-electron chi connectivity index (χ1n) is 9.76. The second-order valence-corrected chi connectivity index (χ2v) is 7.76. The molecule has 0 aliphatic heterocycles. The van der Waals surface area contributed by atoms with E-state index in [1.54, 1.807) is 48.5 Å². The third kappa shape index (κ3) is 6.15. The van der Waals surface area contributed by atoms with Crippen LogP contribution in [0.25, 0.3) is 0 Å². The summed E-state index contributed by atoms with van der Waals surface area (Å²) in [5.74, 6) is -0.0610. The first kappa shape index (κ1) is 23.4. The highest BCUT2D eigenvalue weighted by molar-refractivity contribution is 6.35. The molecule has 0 aliphatic carbocycles. The average Bonchev–Trinajstić information content (AvgIpc) is 2.77. The van der Waals surface area contributed by atoms with Crippen LogP contribution in [0.2, 0.25) is 10.0 Å². The molecule has 0 radical (unpaired) electrons. The maximum absolute atomic E-state index is 12.0. The highest BCUT2D eigenvalue weighted by Gasteiger charge is 2.12. The number of hydrogen-bond donors (Lipinski definition) is 2. The number of hydrogen-bond acceptors (Lipinski definition) is 5. The van der Waals surface area contributed by atoms with Gasteiger partial charge in [0, 0.05) is 35.1 Å². The minimum atomic E-state index is -0.424. The molecular weight excluding hydrogens is 451 g/mol. The molecule has 0 saturated heterocycles. The van der Waals surface area contributed by atoms with Gasteiger partial charge in [0.1, 0.15) is 12.4 Å². The molecule has 0 bridgehead atoms. The van der Waals surface area contributed by atoms with E-state index < -0.39 is 5.97 Å². The van der Waals surface area contributed by atoms with Gasteiger partial charge in [0.05, 0.1) is 24.0 Å². The van der Waals surface area contributed by atoms with E-state index in [2.05, 4.69) is 10.6 Å². The zero-order valence-corrected chi connectivity index (χ0v) is 19.1. The standard InChI is InChI=1S/C24H22Cl2N2O4/c1-15(29)28-22-10-9-19(32-14-17-5-3-4-6-20(17)24(30)31-2)12-23(22)27-13-16-7-8-18(25)11-21(16)26/h3-12,27H,13-14H2,1-2H3,(H,28,29). The third-order valence-corrected chi connectivity index (χ3v) is 5.19. The number of carbonyl (C=O) groups excluding carboxylic acids is 2. The van der Waals surface area contributed by atoms with Gasteiger partial charge in [-0.2, -0.15) is 0 Å². The predicted octanol–water partition coefficient (Wildman–Crippen LogP) is 5.93. The Kier molecular flexibility index (Phi) is 7.98. The van der Waals surface area contributed by atoms with E-state index in [1.165, 1.54) is 14.0 Å². The Labute approximate surface area is 196 Å². The van der Waals surface area contributed by atoms with Gasteiger partial charge in [-0.25, -0.2) is 4.79 Å². The summed E-state index contributed by atoms with van der Waals surface area (Å²) in [5.41, 5.74) is 3.26. The Balaban J connectivity index is 1.79. The third-order valence-electron chi connectivity index (χ3n) is 4.60. The van der Waals surface area contributed by atoms with Crippen molar-refractivity contribution in [1.29, 1.82) is 0 Å². The first-order chi connectivity index (χ1) is 15.4. The molecule has 8 heteroatoms. The van der Waals surface area contributed by atoms with Crippen molar-refractivity contribution in [2.45, 2.75) is 20.1 Å². The summed E-state index contributed by atoms with van der Waals surface area (Å²) in [7, 11) is 1.34. The zero-order valence-electron chi connectivity index (χ0n) is 17.6. The SMILES string of the molecule is COC(=O)c1ccccc1COc1ccc(NC(C)=O)c(NCc2ccc(Cl)cc2Cl)c1. The Bertz CT molecular complexity index is 1130. The van der Waals surface area contributed by atoms with Crippen molar-refractivity contribution in [2.75, 3.05) is 17.7 Å². The molecule has 0 saturated carbocycles. The van der Waals surface area contributed by atoms with Crippen molar-refractivity contribution in [3.05, 3.63) is 87.4 Å². The van der Waals surface area contributed by atoms with Gasteiger partial charge in [0.2, 0.25) is 5.91 Å². The number of carbonyl (C=O) groups is 2. The molecule has 0 spiro atoms. The van der Waals surface area contributed by atoms with Crippen LogP contribution in [-0.4, -0.2) is 19.0 Å². The van der Waals surface area contributed by atoms with Crippen LogP contribution >= 0.6 is 23.2 Å². The van der Waals surface area contributed by atoms with Gasteiger partial charge in [-0.1, -0.05) is 47.5 Å². The van der Waals surface area contributed by atoms with Crippen LogP contribution in [0.5, 0.6) is 5.75 Å². The summed E-state index contributed by atoms with van der Waals surface area (Å²) in [4.78, 5) is 23.6. The molecule has 3 aromatic carbocycles. The maximum atomic E-state index is 12.0. The summed E-state index contributed by atoms with van der Waals surface area (Å²) >= 11 is 12.2. The van der Waals surface area contributed by atoms with E-state index in [4.69, 9.17) is 32.7 Å². The van der Waals surface area contributed by atoms with Gasteiger partial charge in [0.15, 0.2) is 0 Å². The van der Waals surface area contributed by atoms with Crippen molar-refractivity contribution in [3.8, 4) is 5.75 Å². The minimum Gasteiger partial charge on any atom is -0.489 e. The summed E-state index contributed by atoms with van der Waals surface area (Å²) < 4.78 is 10.7. The molecule has 0 heterocycles. The summed E-state index contributed by atoms with van der Waals surface area (Å²) in [6.07, 6.45) is 0. The number of anilines is 2. The Morgan fingerprint density at radius 1 is 0.938 bits per heavy atom. The van der Waals surface area contributed by atoms with E-state index in [9.17, 15) is 9.59 Å². The number of methoxy groups -OCH3 is 1. The molecular formula is C24H22Cl2N2O4. The highest BCUT2D eigenvalue weighted by atomic mass is 35.5. The smallest absolute Gasteiger partial charge is 0.338 e. The number of nitrogens with one attached hydrogen (secondary N) is 2. The molecule has 2 N–H and O–H groups in total. The van der Waals surface area contributed by atoms with E-state index in [-0.39, 0.29) is 12.5 Å². The predicted molar refractivity (Wildman–Crippen MR) is 127 cm³/mol. The van der Waals surface area contributed by atoms with Crippen molar-refractivity contribution in [2.24, 2.45) is 0 Å². The molecule has 6 nitrogen and oxygen atoms in total. The summed E-state index contributed by atoms with van der Waals surface area (Å²) in [6, 6.07) is 17.6. The van der Waals surface area contributed by atoms with Gasteiger partial charge in [-0.15, -0.1) is 0 Å². The van der Waals surface area contributed by atoms with Crippen LogP contribution < -0.4 is 15.4 Å². The largest absolute Gasteiger partial charge is 0.489 e. The number of benzene rings is 3. The second kappa shape index (κ2) is 10.9. The van der Waals surface area contributed by atoms with E-state index >= 15 is 0 Å². The highest BCUT2D eigenvalue weighted by Crippen LogP contribution is 2.30. The van der Waals surface area contributed by atoms with Gasteiger partial charge < -0.3 is 20.1 Å². The lowest BCUT2D eigenvalue weighted by Gasteiger charge is -2.16. The van der Waals surface area contributed by atoms with Crippen LogP contribution in [-0.2, 0) is 22.7 Å². The fourth-order valence-corrected chi connectivity index (χ4v) is 3.51. The average molecular weight is 473 g/mol. The minimum absolute atomic E-state index is 0.174. The molecule has 0 unspecified atom stereocenters. The Morgan fingerprint density at radius 2 is 1.72 bits per heavy atom. The Hall–Kier alpha value is -3.22. The number of amides is 1. The molecule has 3 aromatic rings. The molecule has 3 rings (SSSR count). The number of esters is 1. The quantitative estimate of drug-likeness (QED) is 0.397. The van der Waals surface area contributed by atoms with Crippen LogP contribution in [0.4, 0.5) is 11.4 Å². The molecule has 0 fully saturated rings. The van der Waals surface area contributed by atoms with Gasteiger partial charge in [-0.05, 0) is 35.9 Å². The van der Waals surface area contributed by atoms with Gasteiger partial charge >= 0.3 is 5.97 Å². The molecule has 1 amide bonds. The zero-order chi connectivity index (χ0) is 23.1. The molecule has 0 atom stereocenters. The van der Waals surface area contributed by atoms with E-state index in [0.717, 1.165) is 5.56 Å². The van der Waals surface area contributed by atoms with E-state index in [1.807, 2.05) is 12.1 Å².